The number of furan rings is 1. The summed E-state index contributed by atoms with van der Waals surface area (Å²) >= 11 is 1.55. The number of amides is 1. The fraction of sp³-hybridized carbons (Fsp3) is 0.318. The number of ketones is 1. The number of rotatable bonds is 7. The highest BCUT2D eigenvalue weighted by molar-refractivity contribution is 7.07. The van der Waals surface area contributed by atoms with Crippen molar-refractivity contribution in [2.75, 3.05) is 13.1 Å². The molecule has 4 rings (SSSR count). The van der Waals surface area contributed by atoms with Crippen molar-refractivity contribution in [2.24, 2.45) is 4.99 Å². The van der Waals surface area contributed by atoms with Crippen LogP contribution in [0.1, 0.15) is 36.5 Å². The molecule has 2 aromatic heterocycles. The molecule has 1 aliphatic rings. The Morgan fingerprint density at radius 2 is 2.03 bits per heavy atom. The Labute approximate surface area is 173 Å². The molecule has 150 valence electrons. The molecule has 0 atom stereocenters. The Morgan fingerprint density at radius 3 is 2.69 bits per heavy atom. The van der Waals surface area contributed by atoms with Crippen molar-refractivity contribution in [3.8, 4) is 11.5 Å². The SMILES string of the molecule is CC(=O)c1ccc(N=c2scc(-c3ccco3)n2CCCN2CCCC2=O)cc1. The number of hydrogen-bond acceptors (Lipinski definition) is 5. The van der Waals surface area contributed by atoms with E-state index in [1.807, 2.05) is 34.5 Å². The topological polar surface area (TPSA) is 67.8 Å². The molecular formula is C22H23N3O3S. The number of benzene rings is 1. The predicted molar refractivity (Wildman–Crippen MR) is 112 cm³/mol. The summed E-state index contributed by atoms with van der Waals surface area (Å²) in [7, 11) is 0. The smallest absolute Gasteiger partial charge is 0.222 e. The molecule has 1 fully saturated rings. The van der Waals surface area contributed by atoms with Crippen LogP contribution >= 0.6 is 11.3 Å². The Kier molecular flexibility index (Phi) is 5.76. The number of aromatic nitrogens is 1. The first-order valence-corrected chi connectivity index (χ1v) is 10.7. The van der Waals surface area contributed by atoms with Crippen molar-refractivity contribution in [1.29, 1.82) is 0 Å². The summed E-state index contributed by atoms with van der Waals surface area (Å²) in [6, 6.07) is 11.1. The minimum atomic E-state index is 0.0410. The maximum absolute atomic E-state index is 11.9. The Balaban J connectivity index is 1.61. The van der Waals surface area contributed by atoms with Gasteiger partial charge >= 0.3 is 0 Å². The number of thiazole rings is 1. The average molecular weight is 410 g/mol. The van der Waals surface area contributed by atoms with Crippen LogP contribution in [0, 0.1) is 0 Å². The highest BCUT2D eigenvalue weighted by Crippen LogP contribution is 2.22. The van der Waals surface area contributed by atoms with Crippen LogP contribution in [0.2, 0.25) is 0 Å². The zero-order valence-corrected chi connectivity index (χ0v) is 17.2. The molecule has 6 nitrogen and oxygen atoms in total. The van der Waals surface area contributed by atoms with Gasteiger partial charge in [-0.15, -0.1) is 11.3 Å². The predicted octanol–water partition coefficient (Wildman–Crippen LogP) is 4.26. The molecule has 0 bridgehead atoms. The monoisotopic (exact) mass is 409 g/mol. The van der Waals surface area contributed by atoms with E-state index in [9.17, 15) is 9.59 Å². The molecule has 0 radical (unpaired) electrons. The van der Waals surface area contributed by atoms with Crippen LogP contribution in [0.4, 0.5) is 5.69 Å². The van der Waals surface area contributed by atoms with Crippen molar-refractivity contribution in [1.82, 2.24) is 9.47 Å². The lowest BCUT2D eigenvalue weighted by atomic mass is 10.1. The minimum absolute atomic E-state index is 0.0410. The van der Waals surface area contributed by atoms with Gasteiger partial charge in [-0.05, 0) is 56.2 Å². The van der Waals surface area contributed by atoms with Crippen molar-refractivity contribution >= 4 is 28.7 Å². The second kappa shape index (κ2) is 8.61. The summed E-state index contributed by atoms with van der Waals surface area (Å²) in [5.41, 5.74) is 2.45. The van der Waals surface area contributed by atoms with Crippen molar-refractivity contribution in [2.45, 2.75) is 32.7 Å². The van der Waals surface area contributed by atoms with Crippen molar-refractivity contribution in [3.63, 3.8) is 0 Å². The molecule has 0 saturated carbocycles. The van der Waals surface area contributed by atoms with Gasteiger partial charge in [-0.3, -0.25) is 9.59 Å². The van der Waals surface area contributed by atoms with Crippen LogP contribution in [0.15, 0.2) is 57.5 Å². The highest BCUT2D eigenvalue weighted by atomic mass is 32.1. The maximum atomic E-state index is 11.9. The molecule has 1 aliphatic heterocycles. The third-order valence-electron chi connectivity index (χ3n) is 5.05. The van der Waals surface area contributed by atoms with Gasteiger partial charge in [0.25, 0.3) is 0 Å². The molecule has 1 amide bonds. The summed E-state index contributed by atoms with van der Waals surface area (Å²) < 4.78 is 7.75. The molecular weight excluding hydrogens is 386 g/mol. The summed E-state index contributed by atoms with van der Waals surface area (Å²) in [5, 5.41) is 2.04. The maximum Gasteiger partial charge on any atom is 0.222 e. The zero-order valence-electron chi connectivity index (χ0n) is 16.3. The van der Waals surface area contributed by atoms with E-state index in [4.69, 9.17) is 9.41 Å². The van der Waals surface area contributed by atoms with Gasteiger partial charge in [0.15, 0.2) is 16.3 Å². The lowest BCUT2D eigenvalue weighted by molar-refractivity contribution is -0.127. The number of carbonyl (C=O) groups is 2. The number of carbonyl (C=O) groups excluding carboxylic acids is 2. The summed E-state index contributed by atoms with van der Waals surface area (Å²) in [6.45, 7) is 3.91. The highest BCUT2D eigenvalue weighted by Gasteiger charge is 2.19. The van der Waals surface area contributed by atoms with E-state index >= 15 is 0 Å². The van der Waals surface area contributed by atoms with Crippen molar-refractivity contribution < 1.29 is 14.0 Å². The molecule has 1 saturated heterocycles. The average Bonchev–Trinajstić information content (AvgIpc) is 3.45. The molecule has 0 spiro atoms. The van der Waals surface area contributed by atoms with E-state index in [0.717, 1.165) is 54.4 Å². The minimum Gasteiger partial charge on any atom is -0.463 e. The number of Topliss-reactive ketones (excluding diaryl/α,β-unsaturated/α-hetero) is 1. The van der Waals surface area contributed by atoms with Gasteiger partial charge in [-0.1, -0.05) is 0 Å². The van der Waals surface area contributed by atoms with Crippen LogP contribution in [0.25, 0.3) is 11.5 Å². The van der Waals surface area contributed by atoms with Gasteiger partial charge in [-0.25, -0.2) is 4.99 Å². The van der Waals surface area contributed by atoms with Gasteiger partial charge in [0, 0.05) is 37.0 Å². The standard InChI is InChI=1S/C22H23N3O3S/c1-16(26)17-7-9-18(10-8-17)23-22-25(13-4-12-24-11-2-6-21(24)27)19(15-29-22)20-5-3-14-28-20/h3,5,7-10,14-15H,2,4,6,11-13H2,1H3. The van der Waals surface area contributed by atoms with Crippen LogP contribution in [0.5, 0.6) is 0 Å². The van der Waals surface area contributed by atoms with Crippen LogP contribution < -0.4 is 4.80 Å². The van der Waals surface area contributed by atoms with Gasteiger partial charge < -0.3 is 13.9 Å². The summed E-state index contributed by atoms with van der Waals surface area (Å²) in [6.07, 6.45) is 4.14. The normalized spacial score (nSPS) is 14.7. The number of nitrogens with zero attached hydrogens (tertiary/aromatic N) is 3. The number of hydrogen-bond donors (Lipinski definition) is 0. The zero-order chi connectivity index (χ0) is 20.2. The van der Waals surface area contributed by atoms with Gasteiger partial charge in [0.2, 0.25) is 5.91 Å². The van der Waals surface area contributed by atoms with E-state index in [2.05, 4.69) is 4.57 Å². The van der Waals surface area contributed by atoms with E-state index in [-0.39, 0.29) is 11.7 Å². The Morgan fingerprint density at radius 1 is 1.21 bits per heavy atom. The second-order valence-corrected chi connectivity index (χ2v) is 7.92. The molecule has 0 N–H and O–H groups in total. The Bertz CT molecular complexity index is 1060. The summed E-state index contributed by atoms with van der Waals surface area (Å²) in [5.74, 6) is 1.09. The molecule has 0 aliphatic carbocycles. The van der Waals surface area contributed by atoms with Crippen LogP contribution in [-0.2, 0) is 11.3 Å². The molecule has 0 unspecified atom stereocenters. The molecule has 7 heteroatoms. The van der Waals surface area contributed by atoms with E-state index in [1.54, 1.807) is 36.7 Å². The first kappa shape index (κ1) is 19.4. The van der Waals surface area contributed by atoms with E-state index in [0.29, 0.717) is 12.0 Å². The van der Waals surface area contributed by atoms with Gasteiger partial charge in [0.05, 0.1) is 17.6 Å². The third kappa shape index (κ3) is 4.40. The van der Waals surface area contributed by atoms with E-state index < -0.39 is 0 Å². The van der Waals surface area contributed by atoms with Crippen LogP contribution in [-0.4, -0.2) is 34.2 Å². The molecule has 1 aromatic carbocycles. The number of likely N-dealkylation sites (tertiary alicyclic amines) is 1. The third-order valence-corrected chi connectivity index (χ3v) is 5.91. The van der Waals surface area contributed by atoms with Crippen molar-refractivity contribution in [3.05, 3.63) is 58.4 Å². The molecule has 3 aromatic rings. The Hall–Kier alpha value is -2.93. The quantitative estimate of drug-likeness (QED) is 0.548. The fourth-order valence-corrected chi connectivity index (χ4v) is 4.43. The first-order chi connectivity index (χ1) is 14.1. The van der Waals surface area contributed by atoms with Crippen LogP contribution in [0.3, 0.4) is 0 Å². The first-order valence-electron chi connectivity index (χ1n) is 9.77. The molecule has 3 heterocycles. The fourth-order valence-electron chi connectivity index (χ4n) is 3.50. The summed E-state index contributed by atoms with van der Waals surface area (Å²) in [4.78, 5) is 30.9. The second-order valence-electron chi connectivity index (χ2n) is 7.09. The lowest BCUT2D eigenvalue weighted by Gasteiger charge is -2.16. The van der Waals surface area contributed by atoms with Gasteiger partial charge in [0.1, 0.15) is 0 Å². The van der Waals surface area contributed by atoms with E-state index in [1.165, 1.54) is 0 Å². The van der Waals surface area contributed by atoms with Gasteiger partial charge in [-0.2, -0.15) is 0 Å². The molecule has 29 heavy (non-hydrogen) atoms. The largest absolute Gasteiger partial charge is 0.463 e. The lowest BCUT2D eigenvalue weighted by Crippen LogP contribution is -2.27.